The van der Waals surface area contributed by atoms with Crippen LogP contribution in [-0.2, 0) is 0 Å². The topological polar surface area (TPSA) is 55.1 Å². The van der Waals surface area contributed by atoms with Crippen LogP contribution in [0, 0.1) is 0 Å². The van der Waals surface area contributed by atoms with Crippen LogP contribution in [0.5, 0.6) is 0 Å². The normalized spacial score (nSPS) is 24.6. The molecule has 2 unspecified atom stereocenters. The number of rotatable bonds is 2. The molecule has 100 valence electrons. The molecule has 2 rings (SSSR count). The first kappa shape index (κ1) is 14.5. The molecule has 0 radical (unpaired) electrons. The Morgan fingerprint density at radius 3 is 2.72 bits per heavy atom. The van der Waals surface area contributed by atoms with Crippen molar-refractivity contribution in [3.63, 3.8) is 0 Å². The van der Waals surface area contributed by atoms with E-state index in [2.05, 4.69) is 37.2 Å². The maximum absolute atomic E-state index is 12.1. The van der Waals surface area contributed by atoms with E-state index >= 15 is 0 Å². The summed E-state index contributed by atoms with van der Waals surface area (Å²) in [6.45, 7) is 0. The molecule has 18 heavy (non-hydrogen) atoms. The van der Waals surface area contributed by atoms with Gasteiger partial charge in [-0.05, 0) is 50.8 Å². The molecule has 1 aliphatic carbocycles. The Bertz CT molecular complexity index is 416. The maximum Gasteiger partial charge on any atom is 0.261 e. The third-order valence-corrected chi connectivity index (χ3v) is 6.51. The zero-order chi connectivity index (χ0) is 13.1. The van der Waals surface area contributed by atoms with Crippen molar-refractivity contribution in [3.8, 4) is 0 Å². The van der Waals surface area contributed by atoms with Crippen LogP contribution in [0.4, 0.5) is 0 Å². The second-order valence-corrected chi connectivity index (χ2v) is 7.84. The number of thiophene rings is 1. The minimum atomic E-state index is -0.0197. The van der Waals surface area contributed by atoms with E-state index in [-0.39, 0.29) is 18.0 Å². The van der Waals surface area contributed by atoms with Gasteiger partial charge in [-0.1, -0.05) is 19.3 Å². The maximum atomic E-state index is 12.1. The molecule has 0 spiro atoms. The molecule has 6 heteroatoms. The minimum absolute atomic E-state index is 0.0197. The van der Waals surface area contributed by atoms with Gasteiger partial charge in [0.05, 0.1) is 8.66 Å². The third-order valence-electron chi connectivity index (χ3n) is 3.25. The quantitative estimate of drug-likeness (QED) is 0.750. The number of hydrogen-bond donors (Lipinski definition) is 2. The van der Waals surface area contributed by atoms with Crippen LogP contribution in [0.2, 0.25) is 0 Å². The highest BCUT2D eigenvalue weighted by Crippen LogP contribution is 2.32. The predicted octanol–water partition coefficient (Wildman–Crippen LogP) is 3.66. The highest BCUT2D eigenvalue weighted by molar-refractivity contribution is 9.13. The number of nitrogens with one attached hydrogen (secondary N) is 1. The van der Waals surface area contributed by atoms with Crippen molar-refractivity contribution in [2.24, 2.45) is 5.73 Å². The molecule has 3 N–H and O–H groups in total. The zero-order valence-electron chi connectivity index (χ0n) is 9.92. The lowest BCUT2D eigenvalue weighted by molar-refractivity contribution is 0.0933. The summed E-state index contributed by atoms with van der Waals surface area (Å²) in [5, 5.41) is 3.07. The van der Waals surface area contributed by atoms with E-state index in [9.17, 15) is 4.79 Å². The first-order chi connectivity index (χ1) is 8.58. The average Bonchev–Trinajstić information content (AvgIpc) is 2.54. The van der Waals surface area contributed by atoms with Crippen LogP contribution < -0.4 is 11.1 Å². The van der Waals surface area contributed by atoms with Crippen molar-refractivity contribution in [3.05, 3.63) is 19.2 Å². The lowest BCUT2D eigenvalue weighted by Gasteiger charge is -2.22. The van der Waals surface area contributed by atoms with Crippen molar-refractivity contribution < 1.29 is 4.79 Å². The van der Waals surface area contributed by atoms with Crippen LogP contribution >= 0.6 is 43.2 Å². The Morgan fingerprint density at radius 2 is 2.06 bits per heavy atom. The molecular weight excluding hydrogens is 380 g/mol. The fraction of sp³-hybridized carbons (Fsp3) is 0.583. The van der Waals surface area contributed by atoms with E-state index in [1.165, 1.54) is 24.2 Å². The van der Waals surface area contributed by atoms with Crippen molar-refractivity contribution >= 4 is 49.1 Å². The first-order valence-electron chi connectivity index (χ1n) is 6.09. The van der Waals surface area contributed by atoms with Gasteiger partial charge in [-0.2, -0.15) is 0 Å². The Morgan fingerprint density at radius 1 is 1.33 bits per heavy atom. The third kappa shape index (κ3) is 3.56. The smallest absolute Gasteiger partial charge is 0.261 e. The van der Waals surface area contributed by atoms with Gasteiger partial charge in [-0.25, -0.2) is 0 Å². The number of hydrogen-bond acceptors (Lipinski definition) is 3. The number of halogens is 2. The summed E-state index contributed by atoms with van der Waals surface area (Å²) in [6, 6.07) is 2.04. The summed E-state index contributed by atoms with van der Waals surface area (Å²) in [5.41, 5.74) is 6.11. The average molecular weight is 396 g/mol. The van der Waals surface area contributed by atoms with Gasteiger partial charge < -0.3 is 11.1 Å². The SMILES string of the molecule is NC1CCCCCC1NC(=O)c1cc(Br)c(Br)s1. The lowest BCUT2D eigenvalue weighted by Crippen LogP contribution is -2.46. The van der Waals surface area contributed by atoms with Crippen LogP contribution in [0.15, 0.2) is 14.3 Å². The Kier molecular flexibility index (Phi) is 5.24. The lowest BCUT2D eigenvalue weighted by atomic mass is 10.0. The summed E-state index contributed by atoms with van der Waals surface area (Å²) in [5.74, 6) is -0.0197. The van der Waals surface area contributed by atoms with E-state index in [0.29, 0.717) is 4.88 Å². The summed E-state index contributed by atoms with van der Waals surface area (Å²) >= 11 is 8.23. The van der Waals surface area contributed by atoms with Crippen LogP contribution in [0.1, 0.15) is 41.8 Å². The molecular formula is C12H16Br2N2OS. The van der Waals surface area contributed by atoms with Crippen molar-refractivity contribution in [1.29, 1.82) is 0 Å². The number of carbonyl (C=O) groups is 1. The summed E-state index contributed by atoms with van der Waals surface area (Å²) in [4.78, 5) is 12.9. The highest BCUT2D eigenvalue weighted by Gasteiger charge is 2.23. The minimum Gasteiger partial charge on any atom is -0.347 e. The Hall–Kier alpha value is 0.0900. The van der Waals surface area contributed by atoms with Gasteiger partial charge >= 0.3 is 0 Å². The van der Waals surface area contributed by atoms with Gasteiger partial charge in [0.1, 0.15) is 0 Å². The van der Waals surface area contributed by atoms with Crippen LogP contribution in [0.3, 0.4) is 0 Å². The van der Waals surface area contributed by atoms with Gasteiger partial charge in [0.25, 0.3) is 5.91 Å². The fourth-order valence-corrected chi connectivity index (χ4v) is 4.15. The van der Waals surface area contributed by atoms with E-state index in [1.807, 2.05) is 6.07 Å². The molecule has 1 aromatic heterocycles. The molecule has 0 saturated heterocycles. The monoisotopic (exact) mass is 394 g/mol. The number of nitrogens with two attached hydrogens (primary N) is 1. The predicted molar refractivity (Wildman–Crippen MR) is 82.0 cm³/mol. The van der Waals surface area contributed by atoms with E-state index < -0.39 is 0 Å². The molecule has 3 nitrogen and oxygen atoms in total. The van der Waals surface area contributed by atoms with Gasteiger partial charge in [-0.15, -0.1) is 11.3 Å². The number of amides is 1. The van der Waals surface area contributed by atoms with Crippen LogP contribution in [0.25, 0.3) is 0 Å². The van der Waals surface area contributed by atoms with Gasteiger partial charge in [0, 0.05) is 16.6 Å². The Balaban J connectivity index is 2.01. The summed E-state index contributed by atoms with van der Waals surface area (Å²) in [6.07, 6.45) is 5.53. The Labute approximate surface area is 128 Å². The molecule has 0 aromatic carbocycles. The van der Waals surface area contributed by atoms with Gasteiger partial charge in [0.2, 0.25) is 0 Å². The molecule has 1 heterocycles. The molecule has 0 bridgehead atoms. The molecule has 1 aromatic rings. The number of carbonyl (C=O) groups excluding carboxylic acids is 1. The van der Waals surface area contributed by atoms with Gasteiger partial charge in [-0.3, -0.25) is 4.79 Å². The second kappa shape index (κ2) is 6.50. The molecule has 1 fully saturated rings. The molecule has 2 atom stereocenters. The van der Waals surface area contributed by atoms with Crippen molar-refractivity contribution in [1.82, 2.24) is 5.32 Å². The summed E-state index contributed by atoms with van der Waals surface area (Å²) < 4.78 is 1.86. The van der Waals surface area contributed by atoms with E-state index in [1.54, 1.807) is 0 Å². The molecule has 1 amide bonds. The second-order valence-electron chi connectivity index (χ2n) is 4.61. The summed E-state index contributed by atoms with van der Waals surface area (Å²) in [7, 11) is 0. The zero-order valence-corrected chi connectivity index (χ0v) is 13.9. The molecule has 1 saturated carbocycles. The first-order valence-corrected chi connectivity index (χ1v) is 8.49. The van der Waals surface area contributed by atoms with Crippen molar-refractivity contribution in [2.45, 2.75) is 44.2 Å². The van der Waals surface area contributed by atoms with Crippen LogP contribution in [-0.4, -0.2) is 18.0 Å². The molecule has 1 aliphatic rings. The highest BCUT2D eigenvalue weighted by atomic mass is 79.9. The van der Waals surface area contributed by atoms with Gasteiger partial charge in [0.15, 0.2) is 0 Å². The molecule has 0 aliphatic heterocycles. The van der Waals surface area contributed by atoms with E-state index in [4.69, 9.17) is 5.73 Å². The fourth-order valence-electron chi connectivity index (χ4n) is 2.21. The van der Waals surface area contributed by atoms with Crippen molar-refractivity contribution in [2.75, 3.05) is 0 Å². The standard InChI is InChI=1S/C12H16Br2N2OS/c13-7-6-10(18-11(7)14)12(17)16-9-5-3-1-2-4-8(9)15/h6,8-9H,1-5,15H2,(H,16,17). The van der Waals surface area contributed by atoms with E-state index in [0.717, 1.165) is 27.5 Å². The largest absolute Gasteiger partial charge is 0.347 e.